The van der Waals surface area contributed by atoms with Gasteiger partial charge in [0.15, 0.2) is 0 Å². The second-order valence-electron chi connectivity index (χ2n) is 5.38. The Balaban J connectivity index is 2.00. The van der Waals surface area contributed by atoms with Crippen molar-refractivity contribution in [2.45, 2.75) is 35.9 Å². The van der Waals surface area contributed by atoms with Gasteiger partial charge in [0.2, 0.25) is 0 Å². The second-order valence-corrected chi connectivity index (χ2v) is 7.30. The minimum absolute atomic E-state index is 0.0331. The highest BCUT2D eigenvalue weighted by atomic mass is 32.2. The molecule has 6 heteroatoms. The highest BCUT2D eigenvalue weighted by Gasteiger charge is 2.37. The van der Waals surface area contributed by atoms with Crippen LogP contribution in [0.25, 0.3) is 5.57 Å². The molecular weight excluding hydrogens is 301 g/mol. The normalized spacial score (nSPS) is 28.4. The lowest BCUT2D eigenvalue weighted by Crippen LogP contribution is -2.20. The zero-order valence-corrected chi connectivity index (χ0v) is 12.3. The molecule has 1 saturated heterocycles. The molecule has 2 nitrogen and oxygen atoms in total. The molecule has 0 aliphatic carbocycles. The third-order valence-corrected chi connectivity index (χ3v) is 6.14. The number of alkyl halides is 3. The summed E-state index contributed by atoms with van der Waals surface area (Å²) in [5.41, 5.74) is 0.915. The number of halogens is 3. The molecule has 0 aromatic heterocycles. The van der Waals surface area contributed by atoms with Crippen molar-refractivity contribution in [3.05, 3.63) is 35.4 Å². The number of benzene rings is 1. The van der Waals surface area contributed by atoms with Crippen molar-refractivity contribution in [3.63, 3.8) is 0 Å². The molecule has 0 spiro atoms. The van der Waals surface area contributed by atoms with E-state index in [4.69, 9.17) is 4.74 Å². The van der Waals surface area contributed by atoms with Crippen molar-refractivity contribution >= 4 is 16.4 Å². The van der Waals surface area contributed by atoms with Crippen LogP contribution in [0.15, 0.2) is 24.3 Å². The van der Waals surface area contributed by atoms with E-state index in [0.29, 0.717) is 12.0 Å². The van der Waals surface area contributed by atoms with Crippen LogP contribution < -0.4 is 4.74 Å². The summed E-state index contributed by atoms with van der Waals surface area (Å²) < 4.78 is 55.4. The first kappa shape index (κ1) is 14.6. The highest BCUT2D eigenvalue weighted by Crippen LogP contribution is 2.42. The molecule has 1 fully saturated rings. The zero-order valence-electron chi connectivity index (χ0n) is 11.4. The average molecular weight is 316 g/mol. The van der Waals surface area contributed by atoms with Gasteiger partial charge in [0, 0.05) is 21.6 Å². The number of allylic oxidation sites excluding steroid dienone is 1. The fourth-order valence-electron chi connectivity index (χ4n) is 3.03. The Labute approximate surface area is 123 Å². The maximum absolute atomic E-state index is 12.8. The van der Waals surface area contributed by atoms with Gasteiger partial charge in [-0.1, -0.05) is 12.1 Å². The van der Waals surface area contributed by atoms with E-state index in [1.807, 2.05) is 6.08 Å². The van der Waals surface area contributed by atoms with Crippen LogP contribution in [0.3, 0.4) is 0 Å². The minimum atomic E-state index is -4.38. The van der Waals surface area contributed by atoms with Crippen LogP contribution in [-0.2, 0) is 17.0 Å². The molecule has 1 aromatic carbocycles. The maximum Gasteiger partial charge on any atom is 0.416 e. The van der Waals surface area contributed by atoms with Gasteiger partial charge in [-0.3, -0.25) is 4.21 Å². The fourth-order valence-corrected chi connectivity index (χ4v) is 4.91. The highest BCUT2D eigenvalue weighted by molar-refractivity contribution is 7.86. The monoisotopic (exact) mass is 316 g/mol. The van der Waals surface area contributed by atoms with E-state index in [1.165, 1.54) is 13.2 Å². The molecular formula is C15H15F3O2S. The predicted octanol–water partition coefficient (Wildman–Crippen LogP) is 3.78. The van der Waals surface area contributed by atoms with Crippen LogP contribution in [0.5, 0.6) is 5.75 Å². The molecule has 114 valence electrons. The van der Waals surface area contributed by atoms with Gasteiger partial charge >= 0.3 is 6.18 Å². The largest absolute Gasteiger partial charge is 0.496 e. The number of hydrogen-bond acceptors (Lipinski definition) is 2. The van der Waals surface area contributed by atoms with E-state index in [1.54, 1.807) is 0 Å². The molecule has 1 aromatic rings. The van der Waals surface area contributed by atoms with Crippen molar-refractivity contribution in [1.82, 2.24) is 0 Å². The molecule has 3 unspecified atom stereocenters. The van der Waals surface area contributed by atoms with E-state index in [0.717, 1.165) is 30.5 Å². The lowest BCUT2D eigenvalue weighted by atomic mass is 9.98. The Morgan fingerprint density at radius 2 is 2.05 bits per heavy atom. The van der Waals surface area contributed by atoms with Crippen molar-refractivity contribution in [2.75, 3.05) is 7.11 Å². The molecule has 21 heavy (non-hydrogen) atoms. The standard InChI is InChI=1S/C15H15F3O2S/c1-20-14-8-10(15(16,17)18)2-5-13(14)9-6-11-3-4-12(7-9)21(11)19/h2,5-6,8,11-12H,3-4,7H2,1H3. The number of ether oxygens (including phenoxy) is 1. The molecule has 2 bridgehead atoms. The van der Waals surface area contributed by atoms with E-state index in [-0.39, 0.29) is 16.2 Å². The lowest BCUT2D eigenvalue weighted by molar-refractivity contribution is -0.137. The van der Waals surface area contributed by atoms with Crippen LogP contribution in [0.2, 0.25) is 0 Å². The molecule has 3 rings (SSSR count). The van der Waals surface area contributed by atoms with Gasteiger partial charge in [0.25, 0.3) is 0 Å². The second kappa shape index (κ2) is 5.16. The summed E-state index contributed by atoms with van der Waals surface area (Å²) in [5, 5.41) is 0.160. The molecule has 0 radical (unpaired) electrons. The van der Waals surface area contributed by atoms with Crippen molar-refractivity contribution < 1.29 is 22.1 Å². The van der Waals surface area contributed by atoms with Gasteiger partial charge in [-0.25, -0.2) is 0 Å². The average Bonchev–Trinajstić information content (AvgIpc) is 2.66. The molecule has 3 atom stereocenters. The maximum atomic E-state index is 12.8. The first-order valence-corrected chi connectivity index (χ1v) is 8.03. The first-order chi connectivity index (χ1) is 9.90. The summed E-state index contributed by atoms with van der Waals surface area (Å²) in [4.78, 5) is 0. The Morgan fingerprint density at radius 1 is 1.29 bits per heavy atom. The van der Waals surface area contributed by atoms with Crippen molar-refractivity contribution in [1.29, 1.82) is 0 Å². The van der Waals surface area contributed by atoms with E-state index >= 15 is 0 Å². The van der Waals surface area contributed by atoms with Crippen molar-refractivity contribution in [2.24, 2.45) is 0 Å². The molecule has 0 N–H and O–H groups in total. The lowest BCUT2D eigenvalue weighted by Gasteiger charge is -2.21. The van der Waals surface area contributed by atoms with Crippen LogP contribution in [0.1, 0.15) is 30.4 Å². The minimum Gasteiger partial charge on any atom is -0.496 e. The van der Waals surface area contributed by atoms with E-state index in [9.17, 15) is 17.4 Å². The number of methoxy groups -OCH3 is 1. The first-order valence-electron chi connectivity index (χ1n) is 6.76. The van der Waals surface area contributed by atoms with Gasteiger partial charge in [0.1, 0.15) is 5.75 Å². The summed E-state index contributed by atoms with van der Waals surface area (Å²) in [7, 11) is 0.533. The predicted molar refractivity (Wildman–Crippen MR) is 75.5 cm³/mol. The Hall–Kier alpha value is -1.30. The summed E-state index contributed by atoms with van der Waals surface area (Å²) >= 11 is 0. The van der Waals surface area contributed by atoms with E-state index < -0.39 is 22.5 Å². The summed E-state index contributed by atoms with van der Waals surface area (Å²) in [6, 6.07) is 3.57. The van der Waals surface area contributed by atoms with Crippen LogP contribution in [0, 0.1) is 0 Å². The molecule has 2 aliphatic rings. The van der Waals surface area contributed by atoms with E-state index in [2.05, 4.69) is 0 Å². The van der Waals surface area contributed by atoms with Gasteiger partial charge < -0.3 is 4.74 Å². The third-order valence-electron chi connectivity index (χ3n) is 4.11. The topological polar surface area (TPSA) is 26.3 Å². The molecule has 2 heterocycles. The fraction of sp³-hybridized carbons (Fsp3) is 0.467. The Morgan fingerprint density at radius 3 is 2.67 bits per heavy atom. The van der Waals surface area contributed by atoms with Gasteiger partial charge in [-0.15, -0.1) is 0 Å². The third kappa shape index (κ3) is 2.61. The van der Waals surface area contributed by atoms with Gasteiger partial charge in [0.05, 0.1) is 17.9 Å². The zero-order chi connectivity index (χ0) is 15.2. The number of hydrogen-bond donors (Lipinski definition) is 0. The molecule has 2 aliphatic heterocycles. The van der Waals surface area contributed by atoms with Crippen LogP contribution in [0.4, 0.5) is 13.2 Å². The quantitative estimate of drug-likeness (QED) is 0.830. The van der Waals surface area contributed by atoms with Crippen LogP contribution >= 0.6 is 0 Å². The van der Waals surface area contributed by atoms with Crippen LogP contribution in [-0.4, -0.2) is 21.8 Å². The smallest absolute Gasteiger partial charge is 0.416 e. The number of rotatable bonds is 2. The Kier molecular flexibility index (Phi) is 3.59. The Bertz CT molecular complexity index is 622. The molecule has 0 amide bonds. The van der Waals surface area contributed by atoms with Crippen molar-refractivity contribution in [3.8, 4) is 5.75 Å². The summed E-state index contributed by atoms with van der Waals surface area (Å²) in [6.45, 7) is 0. The number of fused-ring (bicyclic) bond motifs is 2. The SMILES string of the molecule is COc1cc(C(F)(F)F)ccc1C1=CC2CCC(C1)S2=O. The molecule has 0 saturated carbocycles. The summed E-state index contributed by atoms with van der Waals surface area (Å²) in [6.07, 6.45) is 0.0206. The van der Waals surface area contributed by atoms with Gasteiger partial charge in [-0.05, 0) is 37.0 Å². The van der Waals surface area contributed by atoms with Gasteiger partial charge in [-0.2, -0.15) is 13.2 Å². The summed E-state index contributed by atoms with van der Waals surface area (Å²) in [5.74, 6) is 0.225.